The normalized spacial score (nSPS) is 23.7. The Balaban J connectivity index is 1.70. The van der Waals surface area contributed by atoms with Crippen molar-refractivity contribution in [2.45, 2.75) is 101 Å². The fraction of sp³-hybridized carbons (Fsp3) is 0.606. The van der Waals surface area contributed by atoms with Crippen LogP contribution in [0.2, 0.25) is 5.02 Å². The number of nitrogens with zero attached hydrogens (tertiary/aromatic N) is 1. The number of likely N-dealkylation sites (tertiary alicyclic amines) is 1. The number of aliphatic hydroxyl groups is 1. The molecule has 2 aromatic carbocycles. The van der Waals surface area contributed by atoms with Gasteiger partial charge in [0.2, 0.25) is 5.91 Å². The second-order valence-electron chi connectivity index (χ2n) is 12.7. The van der Waals surface area contributed by atoms with Crippen LogP contribution in [0.15, 0.2) is 41.3 Å². The summed E-state index contributed by atoms with van der Waals surface area (Å²) in [5.41, 5.74) is -1.70. The Morgan fingerprint density at radius 2 is 1.91 bits per heavy atom. The Labute approximate surface area is 262 Å². The average Bonchev–Trinajstić information content (AvgIpc) is 3.35. The molecule has 2 heterocycles. The van der Waals surface area contributed by atoms with E-state index in [1.54, 1.807) is 51.1 Å². The highest BCUT2D eigenvalue weighted by atomic mass is 35.5. The van der Waals surface area contributed by atoms with Gasteiger partial charge in [0.1, 0.15) is 16.6 Å². The number of aryl methyl sites for hydroxylation is 1. The second-order valence-corrected chi connectivity index (χ2v) is 15.2. The predicted octanol–water partition coefficient (Wildman–Crippen LogP) is 5.19. The van der Waals surface area contributed by atoms with Crippen molar-refractivity contribution in [2.24, 2.45) is 5.92 Å². The summed E-state index contributed by atoms with van der Waals surface area (Å²) >= 11 is 6.25. The Morgan fingerprint density at radius 3 is 2.53 bits per heavy atom. The fourth-order valence-electron chi connectivity index (χ4n) is 6.37. The summed E-state index contributed by atoms with van der Waals surface area (Å²) in [6, 6.07) is 10.3. The van der Waals surface area contributed by atoms with E-state index in [4.69, 9.17) is 16.3 Å². The van der Waals surface area contributed by atoms with Gasteiger partial charge in [-0.1, -0.05) is 50.4 Å². The smallest absolute Gasteiger partial charge is 0.224 e. The zero-order valence-corrected chi connectivity index (χ0v) is 27.9. The maximum Gasteiger partial charge on any atom is 0.224 e. The lowest BCUT2D eigenvalue weighted by Gasteiger charge is -2.51. The number of rotatable bonds is 12. The van der Waals surface area contributed by atoms with E-state index < -0.39 is 26.4 Å². The number of hydrogen-bond acceptors (Lipinski definition) is 7. The minimum absolute atomic E-state index is 0.0610. The van der Waals surface area contributed by atoms with Crippen LogP contribution in [0.4, 0.5) is 0 Å². The molecule has 2 aromatic rings. The lowest BCUT2D eigenvalue weighted by Crippen LogP contribution is -2.69. The molecule has 0 radical (unpaired) electrons. The highest BCUT2D eigenvalue weighted by Crippen LogP contribution is 2.51. The molecule has 0 spiro atoms. The van der Waals surface area contributed by atoms with Crippen LogP contribution in [0.25, 0.3) is 0 Å². The third kappa shape index (κ3) is 7.06. The lowest BCUT2D eigenvalue weighted by atomic mass is 9.83. The molecule has 8 nitrogen and oxygen atoms in total. The molecule has 1 saturated heterocycles. The van der Waals surface area contributed by atoms with Crippen LogP contribution >= 0.6 is 11.6 Å². The van der Waals surface area contributed by atoms with Gasteiger partial charge < -0.3 is 20.1 Å². The van der Waals surface area contributed by atoms with Crippen LogP contribution in [0.5, 0.6) is 5.75 Å². The van der Waals surface area contributed by atoms with Gasteiger partial charge >= 0.3 is 0 Å². The van der Waals surface area contributed by atoms with Gasteiger partial charge in [0, 0.05) is 29.7 Å². The van der Waals surface area contributed by atoms with Gasteiger partial charge in [-0.2, -0.15) is 0 Å². The number of amides is 1. The second kappa shape index (κ2) is 13.4. The van der Waals surface area contributed by atoms with Gasteiger partial charge in [0.25, 0.3) is 0 Å². The molecular weight excluding hydrogens is 586 g/mol. The number of carbonyl (C=O) groups is 1. The van der Waals surface area contributed by atoms with E-state index in [1.807, 2.05) is 0 Å². The van der Waals surface area contributed by atoms with Crippen molar-refractivity contribution in [2.75, 3.05) is 26.7 Å². The van der Waals surface area contributed by atoms with Crippen molar-refractivity contribution in [3.05, 3.63) is 58.1 Å². The first-order valence-electron chi connectivity index (χ1n) is 15.5. The number of benzene rings is 2. The van der Waals surface area contributed by atoms with Gasteiger partial charge in [-0.3, -0.25) is 10.1 Å². The zero-order chi connectivity index (χ0) is 31.6. The van der Waals surface area contributed by atoms with Crippen molar-refractivity contribution < 1.29 is 23.1 Å². The van der Waals surface area contributed by atoms with E-state index in [0.29, 0.717) is 46.6 Å². The molecule has 1 fully saturated rings. The molecule has 3 unspecified atom stereocenters. The number of fused-ring (bicyclic) bond motifs is 1. The number of sulfone groups is 1. The molecule has 2 aliphatic rings. The summed E-state index contributed by atoms with van der Waals surface area (Å²) in [6.07, 6.45) is 5.06. The quantitative estimate of drug-likeness (QED) is 0.276. The third-order valence-corrected chi connectivity index (χ3v) is 12.0. The van der Waals surface area contributed by atoms with E-state index in [0.717, 1.165) is 32.2 Å². The van der Waals surface area contributed by atoms with Crippen LogP contribution < -0.4 is 15.4 Å². The lowest BCUT2D eigenvalue weighted by molar-refractivity contribution is -0.152. The number of halogens is 1. The molecule has 3 N–H and O–H groups in total. The highest BCUT2D eigenvalue weighted by molar-refractivity contribution is 7.91. The topological polar surface area (TPSA) is 108 Å². The first-order valence-corrected chi connectivity index (χ1v) is 17.4. The first kappa shape index (κ1) is 33.7. The Hall–Kier alpha value is -2.17. The SMILES string of the molecule is CCC(CC)CNC1(O)C(S(=O)(=O)c2ccc(Cl)c(C)c2)c2cc(CC(=O)NCCC3CCCN3C)ccc2OC1(C)C. The van der Waals surface area contributed by atoms with Crippen LogP contribution in [-0.4, -0.2) is 68.4 Å². The molecular formula is C33H48ClN3O5S. The first-order chi connectivity index (χ1) is 20.2. The fourth-order valence-corrected chi connectivity index (χ4v) is 8.70. The molecule has 1 amide bonds. The van der Waals surface area contributed by atoms with Crippen LogP contribution in [0, 0.1) is 12.8 Å². The van der Waals surface area contributed by atoms with Crippen LogP contribution in [-0.2, 0) is 21.1 Å². The zero-order valence-electron chi connectivity index (χ0n) is 26.4. The summed E-state index contributed by atoms with van der Waals surface area (Å²) < 4.78 is 35.4. The van der Waals surface area contributed by atoms with Crippen molar-refractivity contribution in [3.8, 4) is 5.75 Å². The molecule has 3 atom stereocenters. The highest BCUT2D eigenvalue weighted by Gasteiger charge is 2.61. The Bertz CT molecular complexity index is 1410. The minimum Gasteiger partial charge on any atom is -0.483 e. The molecule has 238 valence electrons. The maximum atomic E-state index is 14.5. The van der Waals surface area contributed by atoms with Gasteiger partial charge in [-0.15, -0.1) is 0 Å². The molecule has 0 aliphatic carbocycles. The number of hydrogen-bond donors (Lipinski definition) is 3. The summed E-state index contributed by atoms with van der Waals surface area (Å²) in [5.74, 6) is 0.473. The third-order valence-electron chi connectivity index (χ3n) is 9.44. The summed E-state index contributed by atoms with van der Waals surface area (Å²) in [4.78, 5) is 15.3. The summed E-state index contributed by atoms with van der Waals surface area (Å²) in [6.45, 7) is 11.4. The van der Waals surface area contributed by atoms with Gasteiger partial charge in [0.15, 0.2) is 15.6 Å². The molecule has 4 rings (SSSR count). The number of nitrogens with one attached hydrogen (secondary N) is 2. The average molecular weight is 634 g/mol. The summed E-state index contributed by atoms with van der Waals surface area (Å²) in [7, 11) is -2.07. The van der Waals surface area contributed by atoms with E-state index in [9.17, 15) is 18.3 Å². The van der Waals surface area contributed by atoms with Crippen molar-refractivity contribution >= 4 is 27.3 Å². The van der Waals surface area contributed by atoms with Gasteiger partial charge in [-0.25, -0.2) is 8.42 Å². The Morgan fingerprint density at radius 1 is 1.19 bits per heavy atom. The molecule has 0 bridgehead atoms. The van der Waals surface area contributed by atoms with Crippen LogP contribution in [0.3, 0.4) is 0 Å². The van der Waals surface area contributed by atoms with Gasteiger partial charge in [-0.05, 0) is 94.9 Å². The largest absolute Gasteiger partial charge is 0.483 e. The predicted molar refractivity (Wildman–Crippen MR) is 171 cm³/mol. The minimum atomic E-state index is -4.19. The van der Waals surface area contributed by atoms with Crippen LogP contribution in [0.1, 0.15) is 81.7 Å². The van der Waals surface area contributed by atoms with Crippen molar-refractivity contribution in [3.63, 3.8) is 0 Å². The Kier molecular flexibility index (Phi) is 10.5. The van der Waals surface area contributed by atoms with E-state index in [-0.39, 0.29) is 23.1 Å². The maximum absolute atomic E-state index is 14.5. The molecule has 0 aromatic heterocycles. The van der Waals surface area contributed by atoms with Gasteiger partial charge in [0.05, 0.1) is 11.3 Å². The van der Waals surface area contributed by atoms with E-state index in [2.05, 4.69) is 36.4 Å². The molecule has 10 heteroatoms. The monoisotopic (exact) mass is 633 g/mol. The van der Waals surface area contributed by atoms with E-state index in [1.165, 1.54) is 12.5 Å². The van der Waals surface area contributed by atoms with Crippen molar-refractivity contribution in [1.82, 2.24) is 15.5 Å². The molecule has 43 heavy (non-hydrogen) atoms. The standard InChI is InChI=1S/C33H48ClN3O5S/c1-7-23(8-2)21-36-33(39)31(43(40,41)26-12-13-28(34)22(3)18-26)27-19-24(11-14-29(27)42-32(33,4)5)20-30(38)35-16-15-25-10-9-17-37(25)6/h11-14,18-19,23,25,31,36,39H,7-10,15-17,20-21H2,1-6H3,(H,35,38). The van der Waals surface area contributed by atoms with E-state index >= 15 is 0 Å². The number of carbonyl (C=O) groups excluding carboxylic acids is 1. The van der Waals surface area contributed by atoms with Crippen molar-refractivity contribution in [1.29, 1.82) is 0 Å². The molecule has 0 saturated carbocycles. The number of ether oxygens (including phenoxy) is 1. The summed E-state index contributed by atoms with van der Waals surface area (Å²) in [5, 5.41) is 17.8. The molecule has 2 aliphatic heterocycles.